The lowest BCUT2D eigenvalue weighted by Crippen LogP contribution is -2.20. The van der Waals surface area contributed by atoms with Gasteiger partial charge in [0.05, 0.1) is 13.3 Å². The maximum atomic E-state index is 12.1. The Balaban J connectivity index is 1.59. The van der Waals surface area contributed by atoms with Crippen LogP contribution < -0.4 is 15.5 Å². The number of carbonyl (C=O) groups is 2. The molecule has 0 fully saturated rings. The lowest BCUT2D eigenvalue weighted by atomic mass is 10.1. The molecule has 0 unspecified atom stereocenters. The smallest absolute Gasteiger partial charge is 0.412 e. The van der Waals surface area contributed by atoms with E-state index in [2.05, 4.69) is 30.5 Å². The highest BCUT2D eigenvalue weighted by Crippen LogP contribution is 2.29. The number of rotatable bonds is 4. The van der Waals surface area contributed by atoms with Crippen LogP contribution in [0.5, 0.6) is 0 Å². The summed E-state index contributed by atoms with van der Waals surface area (Å²) >= 11 is 0. The van der Waals surface area contributed by atoms with Gasteiger partial charge in [0.1, 0.15) is 6.54 Å². The van der Waals surface area contributed by atoms with E-state index in [0.717, 1.165) is 18.7 Å². The van der Waals surface area contributed by atoms with Crippen LogP contribution in [0.1, 0.15) is 5.56 Å². The molecule has 0 radical (unpaired) electrons. The first-order valence-electron chi connectivity index (χ1n) is 7.44. The minimum absolute atomic E-state index is 0.0557. The zero-order valence-electron chi connectivity index (χ0n) is 13.4. The Morgan fingerprint density at radius 2 is 2.17 bits per heavy atom. The van der Waals surface area contributed by atoms with E-state index in [1.807, 2.05) is 25.2 Å². The highest BCUT2D eigenvalue weighted by Gasteiger charge is 2.16. The molecule has 1 aromatic carbocycles. The average Bonchev–Trinajstić information content (AvgIpc) is 3.14. The van der Waals surface area contributed by atoms with Gasteiger partial charge in [-0.3, -0.25) is 10.1 Å². The number of ether oxygens (including phenoxy) is 1. The summed E-state index contributed by atoms with van der Waals surface area (Å²) in [6, 6.07) is 5.86. The van der Waals surface area contributed by atoms with Gasteiger partial charge in [-0.2, -0.15) is 9.90 Å². The predicted octanol–water partition coefficient (Wildman–Crippen LogP) is 1.09. The van der Waals surface area contributed by atoms with Gasteiger partial charge in [-0.05, 0) is 30.2 Å². The predicted molar refractivity (Wildman–Crippen MR) is 88.1 cm³/mol. The minimum atomic E-state index is -0.644. The number of aromatic nitrogens is 3. The van der Waals surface area contributed by atoms with Crippen molar-refractivity contribution in [1.82, 2.24) is 15.0 Å². The summed E-state index contributed by atoms with van der Waals surface area (Å²) in [5, 5.41) is 13.1. The second kappa shape index (κ2) is 6.57. The molecule has 0 atom stereocenters. The van der Waals surface area contributed by atoms with Crippen LogP contribution in [-0.4, -0.2) is 47.7 Å². The lowest BCUT2D eigenvalue weighted by Gasteiger charge is -2.12. The number of amides is 2. The second-order valence-corrected chi connectivity index (χ2v) is 5.44. The van der Waals surface area contributed by atoms with Crippen LogP contribution >= 0.6 is 0 Å². The molecule has 0 saturated carbocycles. The van der Waals surface area contributed by atoms with E-state index in [-0.39, 0.29) is 18.3 Å². The summed E-state index contributed by atoms with van der Waals surface area (Å²) in [5.74, 6) is -0.0308. The summed E-state index contributed by atoms with van der Waals surface area (Å²) in [6.07, 6.45) is 1.67. The molecule has 24 heavy (non-hydrogen) atoms. The molecular formula is C15H18N6O3. The van der Waals surface area contributed by atoms with Crippen molar-refractivity contribution >= 4 is 29.2 Å². The number of methoxy groups -OCH3 is 1. The number of hydrogen-bond acceptors (Lipinski definition) is 6. The summed E-state index contributed by atoms with van der Waals surface area (Å²) in [7, 11) is 3.30. The van der Waals surface area contributed by atoms with E-state index in [1.54, 1.807) is 0 Å². The standard InChI is InChI=1S/C15H18N6O3/c1-20-6-5-10-7-11(3-4-12(10)20)17-14(22)9-21-16-8-13(19-21)18-15(23)24-2/h3-4,7-8H,5-6,9H2,1-2H3,(H,17,22)(H,18,19,23). The molecule has 0 saturated heterocycles. The van der Waals surface area contributed by atoms with Crippen molar-refractivity contribution < 1.29 is 14.3 Å². The third-order valence-electron chi connectivity index (χ3n) is 3.73. The third kappa shape index (κ3) is 3.45. The summed E-state index contributed by atoms with van der Waals surface area (Å²) in [6.45, 7) is 0.930. The minimum Gasteiger partial charge on any atom is -0.453 e. The molecule has 2 heterocycles. The first-order chi connectivity index (χ1) is 11.5. The van der Waals surface area contributed by atoms with Gasteiger partial charge in [0.15, 0.2) is 5.82 Å². The molecule has 1 aromatic heterocycles. The first kappa shape index (κ1) is 15.8. The molecule has 126 valence electrons. The van der Waals surface area contributed by atoms with Crippen molar-refractivity contribution in [2.45, 2.75) is 13.0 Å². The van der Waals surface area contributed by atoms with Gasteiger partial charge in [-0.1, -0.05) is 0 Å². The number of hydrogen-bond donors (Lipinski definition) is 2. The zero-order chi connectivity index (χ0) is 17.1. The van der Waals surface area contributed by atoms with Gasteiger partial charge in [-0.15, -0.1) is 5.10 Å². The van der Waals surface area contributed by atoms with Crippen LogP contribution in [0, 0.1) is 0 Å². The van der Waals surface area contributed by atoms with Gasteiger partial charge >= 0.3 is 6.09 Å². The van der Waals surface area contributed by atoms with E-state index in [4.69, 9.17) is 0 Å². The fourth-order valence-electron chi connectivity index (χ4n) is 2.56. The summed E-state index contributed by atoms with van der Waals surface area (Å²) < 4.78 is 4.46. The fourth-order valence-corrected chi connectivity index (χ4v) is 2.56. The average molecular weight is 330 g/mol. The molecule has 2 N–H and O–H groups in total. The summed E-state index contributed by atoms with van der Waals surface area (Å²) in [4.78, 5) is 26.6. The van der Waals surface area contributed by atoms with Gasteiger partial charge < -0.3 is 15.0 Å². The van der Waals surface area contributed by atoms with Crippen molar-refractivity contribution in [1.29, 1.82) is 0 Å². The number of fused-ring (bicyclic) bond motifs is 1. The zero-order valence-corrected chi connectivity index (χ0v) is 13.4. The number of nitrogens with one attached hydrogen (secondary N) is 2. The molecule has 3 rings (SSSR count). The molecule has 1 aliphatic rings. The number of carbonyl (C=O) groups excluding carboxylic acids is 2. The summed E-state index contributed by atoms with van der Waals surface area (Å²) in [5.41, 5.74) is 3.16. The maximum absolute atomic E-state index is 12.1. The Bertz CT molecular complexity index is 772. The van der Waals surface area contributed by atoms with E-state index in [0.29, 0.717) is 0 Å². The van der Waals surface area contributed by atoms with E-state index in [1.165, 1.54) is 29.4 Å². The molecule has 9 nitrogen and oxygen atoms in total. The van der Waals surface area contributed by atoms with E-state index >= 15 is 0 Å². The SMILES string of the molecule is COC(=O)Nc1cnn(CC(=O)Nc2ccc3c(c2)CCN3C)n1. The molecule has 2 aromatic rings. The van der Waals surface area contributed by atoms with Crippen molar-refractivity contribution in [2.24, 2.45) is 0 Å². The molecule has 0 aliphatic carbocycles. The third-order valence-corrected chi connectivity index (χ3v) is 3.73. The maximum Gasteiger partial charge on any atom is 0.412 e. The molecule has 0 bridgehead atoms. The van der Waals surface area contributed by atoms with Gasteiger partial charge in [0, 0.05) is 25.0 Å². The number of nitrogens with zero attached hydrogens (tertiary/aromatic N) is 4. The highest BCUT2D eigenvalue weighted by atomic mass is 16.5. The Morgan fingerprint density at radius 1 is 1.33 bits per heavy atom. The van der Waals surface area contributed by atoms with Crippen LogP contribution in [0.15, 0.2) is 24.4 Å². The Morgan fingerprint density at radius 3 is 2.96 bits per heavy atom. The highest BCUT2D eigenvalue weighted by molar-refractivity contribution is 5.91. The quantitative estimate of drug-likeness (QED) is 0.870. The molecular weight excluding hydrogens is 312 g/mol. The van der Waals surface area contributed by atoms with Crippen LogP contribution in [0.25, 0.3) is 0 Å². The first-order valence-corrected chi connectivity index (χ1v) is 7.44. The monoisotopic (exact) mass is 330 g/mol. The van der Waals surface area contributed by atoms with Gasteiger partial charge in [0.2, 0.25) is 5.91 Å². The van der Waals surface area contributed by atoms with Crippen LogP contribution in [0.2, 0.25) is 0 Å². The van der Waals surface area contributed by atoms with Crippen molar-refractivity contribution in [2.75, 3.05) is 36.2 Å². The second-order valence-electron chi connectivity index (χ2n) is 5.44. The van der Waals surface area contributed by atoms with Crippen LogP contribution in [0.3, 0.4) is 0 Å². The largest absolute Gasteiger partial charge is 0.453 e. The Labute approximate surface area is 138 Å². The van der Waals surface area contributed by atoms with Crippen LogP contribution in [-0.2, 0) is 22.5 Å². The Kier molecular flexibility index (Phi) is 4.32. The fraction of sp³-hybridized carbons (Fsp3) is 0.333. The molecule has 2 amide bonds. The number of likely N-dealkylation sites (N-methyl/N-ethyl adjacent to an activating group) is 1. The van der Waals surface area contributed by atoms with E-state index in [9.17, 15) is 9.59 Å². The number of anilines is 3. The van der Waals surface area contributed by atoms with Crippen molar-refractivity contribution in [3.05, 3.63) is 30.0 Å². The van der Waals surface area contributed by atoms with Crippen molar-refractivity contribution in [3.63, 3.8) is 0 Å². The number of benzene rings is 1. The van der Waals surface area contributed by atoms with Gasteiger partial charge in [0.25, 0.3) is 0 Å². The van der Waals surface area contributed by atoms with Crippen LogP contribution in [0.4, 0.5) is 22.0 Å². The van der Waals surface area contributed by atoms with Crippen molar-refractivity contribution in [3.8, 4) is 0 Å². The molecule has 9 heteroatoms. The van der Waals surface area contributed by atoms with E-state index < -0.39 is 6.09 Å². The topological polar surface area (TPSA) is 101 Å². The Hall–Kier alpha value is -3.10. The normalized spacial score (nSPS) is 12.7. The molecule has 0 spiro atoms. The molecule has 1 aliphatic heterocycles. The van der Waals surface area contributed by atoms with Gasteiger partial charge in [-0.25, -0.2) is 4.79 Å². The lowest BCUT2D eigenvalue weighted by molar-refractivity contribution is -0.117.